The molecule has 3 aromatic rings. The molecule has 20 heavy (non-hydrogen) atoms. The zero-order chi connectivity index (χ0) is 13.9. The van der Waals surface area contributed by atoms with Crippen molar-refractivity contribution in [1.29, 1.82) is 0 Å². The number of hydrogen-bond acceptors (Lipinski definition) is 3. The van der Waals surface area contributed by atoms with Gasteiger partial charge < -0.3 is 4.74 Å². The Balaban J connectivity index is 1.74. The van der Waals surface area contributed by atoms with Gasteiger partial charge in [0.2, 0.25) is 0 Å². The molecule has 2 nitrogen and oxygen atoms in total. The number of halogens is 1. The summed E-state index contributed by atoms with van der Waals surface area (Å²) in [5, 5.41) is 3.16. The normalized spacial score (nSPS) is 10.7. The van der Waals surface area contributed by atoms with Crippen molar-refractivity contribution in [3.63, 3.8) is 0 Å². The molecule has 0 aliphatic heterocycles. The third-order valence-electron chi connectivity index (χ3n) is 2.97. The van der Waals surface area contributed by atoms with E-state index in [0.29, 0.717) is 5.56 Å². The summed E-state index contributed by atoms with van der Waals surface area (Å²) in [6.07, 6.45) is 0. The first kappa shape index (κ1) is 13.3. The summed E-state index contributed by atoms with van der Waals surface area (Å²) in [7, 11) is 0. The van der Waals surface area contributed by atoms with Crippen LogP contribution in [0.4, 0.5) is 0 Å². The summed E-state index contributed by atoms with van der Waals surface area (Å²) in [6, 6.07) is 15.2. The van der Waals surface area contributed by atoms with Crippen LogP contribution in [0.25, 0.3) is 10.1 Å². The third kappa shape index (κ3) is 2.76. The van der Waals surface area contributed by atoms with E-state index in [2.05, 4.69) is 15.9 Å². The first-order valence-corrected chi connectivity index (χ1v) is 7.79. The monoisotopic (exact) mass is 346 g/mol. The average molecular weight is 347 g/mol. The summed E-state index contributed by atoms with van der Waals surface area (Å²) in [5.41, 5.74) is 0.659. The van der Waals surface area contributed by atoms with Crippen molar-refractivity contribution in [2.24, 2.45) is 0 Å². The molecule has 0 saturated heterocycles. The molecule has 0 aliphatic carbocycles. The number of thiophene rings is 1. The number of carbonyl (C=O) groups excluding carboxylic acids is 1. The van der Waals surface area contributed by atoms with E-state index in [4.69, 9.17) is 4.74 Å². The van der Waals surface area contributed by atoms with E-state index < -0.39 is 0 Å². The van der Waals surface area contributed by atoms with Crippen LogP contribution in [0.5, 0.6) is 5.75 Å². The molecule has 0 radical (unpaired) electrons. The number of ether oxygens (including phenoxy) is 1. The van der Waals surface area contributed by atoms with Crippen LogP contribution in [0.2, 0.25) is 0 Å². The molecule has 0 saturated carbocycles. The van der Waals surface area contributed by atoms with Crippen LogP contribution in [0.15, 0.2) is 58.4 Å². The SMILES string of the molecule is O=C(COc1cccc2ccsc12)c1ccc(Br)cc1. The van der Waals surface area contributed by atoms with Crippen molar-refractivity contribution in [2.45, 2.75) is 0 Å². The largest absolute Gasteiger partial charge is 0.484 e. The van der Waals surface area contributed by atoms with E-state index >= 15 is 0 Å². The van der Waals surface area contributed by atoms with Gasteiger partial charge in [0.15, 0.2) is 12.4 Å². The van der Waals surface area contributed by atoms with E-state index in [0.717, 1.165) is 20.3 Å². The van der Waals surface area contributed by atoms with Crippen LogP contribution in [0, 0.1) is 0 Å². The van der Waals surface area contributed by atoms with Crippen LogP contribution in [-0.4, -0.2) is 12.4 Å². The predicted octanol–water partition coefficient (Wildman–Crippen LogP) is 4.93. The first-order chi connectivity index (χ1) is 9.74. The molecule has 1 heterocycles. The Kier molecular flexibility index (Phi) is 3.85. The quantitative estimate of drug-likeness (QED) is 0.626. The number of carbonyl (C=O) groups is 1. The number of Topliss-reactive ketones (excluding diaryl/α,β-unsaturated/α-hetero) is 1. The van der Waals surface area contributed by atoms with Crippen LogP contribution < -0.4 is 4.74 Å². The lowest BCUT2D eigenvalue weighted by Crippen LogP contribution is -2.11. The molecule has 4 heteroatoms. The molecule has 0 bridgehead atoms. The molecular weight excluding hydrogens is 336 g/mol. The van der Waals surface area contributed by atoms with Gasteiger partial charge in [0.25, 0.3) is 0 Å². The Morgan fingerprint density at radius 2 is 1.90 bits per heavy atom. The topological polar surface area (TPSA) is 26.3 Å². The fourth-order valence-corrected chi connectivity index (χ4v) is 3.07. The van der Waals surface area contributed by atoms with Crippen molar-refractivity contribution in [3.8, 4) is 5.75 Å². The molecule has 2 aromatic carbocycles. The highest BCUT2D eigenvalue weighted by Crippen LogP contribution is 2.30. The minimum Gasteiger partial charge on any atom is -0.484 e. The summed E-state index contributed by atoms with van der Waals surface area (Å²) in [6.45, 7) is 0.0542. The average Bonchev–Trinajstić information content (AvgIpc) is 2.94. The number of ketones is 1. The summed E-state index contributed by atoms with van der Waals surface area (Å²) >= 11 is 4.97. The second-order valence-electron chi connectivity index (χ2n) is 4.31. The summed E-state index contributed by atoms with van der Waals surface area (Å²) in [4.78, 5) is 12.1. The van der Waals surface area contributed by atoms with Crippen LogP contribution in [0.1, 0.15) is 10.4 Å². The smallest absolute Gasteiger partial charge is 0.200 e. The molecule has 3 rings (SSSR count). The molecule has 0 N–H and O–H groups in total. The molecule has 0 atom stereocenters. The minimum atomic E-state index is -0.0222. The van der Waals surface area contributed by atoms with Crippen LogP contribution in [0.3, 0.4) is 0 Å². The fraction of sp³-hybridized carbons (Fsp3) is 0.0625. The van der Waals surface area contributed by atoms with Gasteiger partial charge in [0.05, 0.1) is 4.70 Å². The van der Waals surface area contributed by atoms with Gasteiger partial charge in [0, 0.05) is 10.0 Å². The number of rotatable bonds is 4. The molecule has 0 fully saturated rings. The van der Waals surface area contributed by atoms with Crippen molar-refractivity contribution >= 4 is 43.1 Å². The first-order valence-electron chi connectivity index (χ1n) is 6.12. The molecule has 0 amide bonds. The Labute approximate surface area is 129 Å². The number of benzene rings is 2. The summed E-state index contributed by atoms with van der Waals surface area (Å²) < 4.78 is 7.71. The van der Waals surface area contributed by atoms with Gasteiger partial charge in [0.1, 0.15) is 5.75 Å². The van der Waals surface area contributed by atoms with Crippen molar-refractivity contribution in [2.75, 3.05) is 6.61 Å². The Morgan fingerprint density at radius 1 is 1.10 bits per heavy atom. The maximum atomic E-state index is 12.1. The van der Waals surface area contributed by atoms with Gasteiger partial charge in [-0.1, -0.05) is 40.2 Å². The van der Waals surface area contributed by atoms with Crippen molar-refractivity contribution in [1.82, 2.24) is 0 Å². The predicted molar refractivity (Wildman–Crippen MR) is 85.8 cm³/mol. The molecule has 1 aromatic heterocycles. The summed E-state index contributed by atoms with van der Waals surface area (Å²) in [5.74, 6) is 0.744. The van der Waals surface area contributed by atoms with Gasteiger partial charge in [-0.2, -0.15) is 0 Å². The van der Waals surface area contributed by atoms with Crippen molar-refractivity contribution < 1.29 is 9.53 Å². The van der Waals surface area contributed by atoms with E-state index in [-0.39, 0.29) is 12.4 Å². The number of hydrogen-bond donors (Lipinski definition) is 0. The molecule has 0 unspecified atom stereocenters. The van der Waals surface area contributed by atoms with Gasteiger partial charge in [-0.25, -0.2) is 0 Å². The maximum absolute atomic E-state index is 12.1. The van der Waals surface area contributed by atoms with Gasteiger partial charge in [-0.3, -0.25) is 4.79 Å². The van der Waals surface area contributed by atoms with Gasteiger partial charge in [-0.15, -0.1) is 11.3 Å². The molecule has 0 spiro atoms. The maximum Gasteiger partial charge on any atom is 0.200 e. The standard InChI is InChI=1S/C16H11BrO2S/c17-13-6-4-11(5-7-13)14(18)10-19-15-3-1-2-12-8-9-20-16(12)15/h1-9H,10H2. The Hall–Kier alpha value is -1.65. The molecule has 0 aliphatic rings. The van der Waals surface area contributed by atoms with Crippen LogP contribution in [-0.2, 0) is 0 Å². The second-order valence-corrected chi connectivity index (χ2v) is 6.15. The van der Waals surface area contributed by atoms with E-state index in [9.17, 15) is 4.79 Å². The van der Waals surface area contributed by atoms with Gasteiger partial charge in [-0.05, 0) is 35.0 Å². The third-order valence-corrected chi connectivity index (χ3v) is 4.44. The molecular formula is C16H11BrO2S. The highest BCUT2D eigenvalue weighted by atomic mass is 79.9. The van der Waals surface area contributed by atoms with E-state index in [1.165, 1.54) is 0 Å². The fourth-order valence-electron chi connectivity index (χ4n) is 1.94. The Morgan fingerprint density at radius 3 is 2.70 bits per heavy atom. The lowest BCUT2D eigenvalue weighted by Gasteiger charge is -2.06. The number of fused-ring (bicyclic) bond motifs is 1. The van der Waals surface area contributed by atoms with E-state index in [1.807, 2.05) is 41.8 Å². The van der Waals surface area contributed by atoms with E-state index in [1.54, 1.807) is 23.5 Å². The van der Waals surface area contributed by atoms with Crippen LogP contribution >= 0.6 is 27.3 Å². The lowest BCUT2D eigenvalue weighted by molar-refractivity contribution is 0.0922. The Bertz CT molecular complexity index is 747. The zero-order valence-corrected chi connectivity index (χ0v) is 12.9. The molecule has 100 valence electrons. The highest BCUT2D eigenvalue weighted by Gasteiger charge is 2.09. The second kappa shape index (κ2) is 5.77. The zero-order valence-electron chi connectivity index (χ0n) is 10.5. The van der Waals surface area contributed by atoms with Crippen molar-refractivity contribution in [3.05, 3.63) is 63.9 Å². The highest BCUT2D eigenvalue weighted by molar-refractivity contribution is 9.10. The lowest BCUT2D eigenvalue weighted by atomic mass is 10.1. The van der Waals surface area contributed by atoms with Gasteiger partial charge >= 0.3 is 0 Å². The minimum absolute atomic E-state index is 0.0222.